The monoisotopic (exact) mass is 371 g/mol. The number of nitrogens with one attached hydrogen (secondary N) is 2. The number of phenols is 1. The van der Waals surface area contributed by atoms with Gasteiger partial charge in [-0.15, -0.1) is 0 Å². The number of hydrogen-bond donors (Lipinski definition) is 3. The first-order valence-corrected chi connectivity index (χ1v) is 7.88. The quantitative estimate of drug-likeness (QED) is 0.363. The Morgan fingerprint density at radius 3 is 2.44 bits per heavy atom. The van der Waals surface area contributed by atoms with Gasteiger partial charge in [-0.25, -0.2) is 13.8 Å². The van der Waals surface area contributed by atoms with E-state index in [1.54, 1.807) is 24.4 Å². The van der Waals surface area contributed by atoms with Crippen LogP contribution in [0, 0.1) is 11.6 Å². The van der Waals surface area contributed by atoms with Gasteiger partial charge in [-0.05, 0) is 36.4 Å². The van der Waals surface area contributed by atoms with Gasteiger partial charge in [-0.1, -0.05) is 0 Å². The Balaban J connectivity index is 0.000000161. The summed E-state index contributed by atoms with van der Waals surface area (Å²) < 4.78 is 30.4. The fourth-order valence-corrected chi connectivity index (χ4v) is 2.14. The van der Waals surface area contributed by atoms with Crippen LogP contribution < -0.4 is 15.4 Å². The van der Waals surface area contributed by atoms with E-state index in [1.807, 2.05) is 0 Å². The van der Waals surface area contributed by atoms with E-state index in [4.69, 9.17) is 9.84 Å². The highest BCUT2D eigenvalue weighted by Crippen LogP contribution is 2.50. The van der Waals surface area contributed by atoms with Gasteiger partial charge in [0.15, 0.2) is 23.1 Å². The molecule has 0 unspecified atom stereocenters. The number of carbonyl (C=O) groups is 1. The first-order valence-electron chi connectivity index (χ1n) is 7.88. The van der Waals surface area contributed by atoms with Gasteiger partial charge in [0.2, 0.25) is 11.7 Å². The summed E-state index contributed by atoms with van der Waals surface area (Å²) >= 11 is 0. The van der Waals surface area contributed by atoms with Gasteiger partial charge >= 0.3 is 0 Å². The standard InChI is InChI=1S/C11H7FN2O.C8H8FNO2/c12-7-1-3-8(4-2-7)14-11-10-9(15-10)5-6-13-11;1-5(11)10-6-2-3-8(12)7(9)4-6/h1-6H,(H,13,14);2-4,12H,1H3,(H,10,11). The predicted octanol–water partition coefficient (Wildman–Crippen LogP) is 4.56. The molecule has 3 N–H and O–H groups in total. The fraction of sp³-hybridized carbons (Fsp3) is 0.0526. The largest absolute Gasteiger partial charge is 0.505 e. The number of anilines is 3. The van der Waals surface area contributed by atoms with Gasteiger partial charge in [0.25, 0.3) is 0 Å². The van der Waals surface area contributed by atoms with Crippen LogP contribution in [0.5, 0.6) is 17.2 Å². The molecular weight excluding hydrogens is 356 g/mol. The predicted molar refractivity (Wildman–Crippen MR) is 96.4 cm³/mol. The molecule has 3 aromatic rings. The zero-order valence-electron chi connectivity index (χ0n) is 14.2. The summed E-state index contributed by atoms with van der Waals surface area (Å²) in [7, 11) is 0. The van der Waals surface area contributed by atoms with Crippen molar-refractivity contribution in [2.75, 3.05) is 10.6 Å². The first kappa shape index (κ1) is 18.1. The molecule has 1 aliphatic rings. The van der Waals surface area contributed by atoms with Gasteiger partial charge in [0.1, 0.15) is 5.82 Å². The van der Waals surface area contributed by atoms with Gasteiger partial charge in [0, 0.05) is 36.6 Å². The molecule has 138 valence electrons. The maximum Gasteiger partial charge on any atom is 0.221 e. The summed E-state index contributed by atoms with van der Waals surface area (Å²) in [6, 6.07) is 11.5. The van der Waals surface area contributed by atoms with E-state index in [0.29, 0.717) is 11.5 Å². The molecule has 2 heterocycles. The highest BCUT2D eigenvalue weighted by atomic mass is 19.1. The molecule has 0 aliphatic carbocycles. The van der Waals surface area contributed by atoms with Crippen molar-refractivity contribution in [3.8, 4) is 17.2 Å². The Labute approximate surface area is 153 Å². The highest BCUT2D eigenvalue weighted by molar-refractivity contribution is 5.88. The fourth-order valence-electron chi connectivity index (χ4n) is 2.14. The van der Waals surface area contributed by atoms with Crippen molar-refractivity contribution < 1.29 is 23.4 Å². The van der Waals surface area contributed by atoms with Gasteiger partial charge in [0.05, 0.1) is 0 Å². The molecule has 0 saturated carbocycles. The van der Waals surface area contributed by atoms with Crippen LogP contribution in [-0.4, -0.2) is 16.0 Å². The maximum atomic E-state index is 12.6. The second kappa shape index (κ2) is 7.69. The van der Waals surface area contributed by atoms with Crippen LogP contribution >= 0.6 is 0 Å². The number of nitrogens with zero attached hydrogens (tertiary/aromatic N) is 1. The summed E-state index contributed by atoms with van der Waals surface area (Å²) in [6.07, 6.45) is 1.66. The lowest BCUT2D eigenvalue weighted by molar-refractivity contribution is -0.114. The third kappa shape index (κ3) is 4.91. The summed E-state index contributed by atoms with van der Waals surface area (Å²) in [5.74, 6) is 0.564. The lowest BCUT2D eigenvalue weighted by Crippen LogP contribution is -2.05. The molecule has 0 bridgehead atoms. The van der Waals surface area contributed by atoms with Crippen molar-refractivity contribution in [2.45, 2.75) is 6.92 Å². The molecule has 8 heteroatoms. The number of aromatic nitrogens is 1. The number of phenolic OH excluding ortho intramolecular Hbond substituents is 1. The van der Waals surface area contributed by atoms with Crippen LogP contribution in [0.15, 0.2) is 54.7 Å². The van der Waals surface area contributed by atoms with Crippen LogP contribution in [0.3, 0.4) is 0 Å². The molecule has 1 aliphatic heterocycles. The van der Waals surface area contributed by atoms with Gasteiger partial charge in [-0.2, -0.15) is 0 Å². The van der Waals surface area contributed by atoms with E-state index in [-0.39, 0.29) is 11.7 Å². The molecule has 27 heavy (non-hydrogen) atoms. The van der Waals surface area contributed by atoms with Crippen molar-refractivity contribution in [3.63, 3.8) is 0 Å². The van der Waals surface area contributed by atoms with Crippen LogP contribution in [-0.2, 0) is 4.79 Å². The van der Waals surface area contributed by atoms with Crippen molar-refractivity contribution in [3.05, 3.63) is 66.4 Å². The third-order valence-corrected chi connectivity index (χ3v) is 3.41. The zero-order valence-corrected chi connectivity index (χ0v) is 14.2. The Morgan fingerprint density at radius 2 is 1.78 bits per heavy atom. The molecule has 1 aromatic heterocycles. The number of benzene rings is 2. The SMILES string of the molecule is CC(=O)Nc1ccc(O)c(F)c1.Fc1ccc(Nc2nccc3c2O3)cc1. The summed E-state index contributed by atoms with van der Waals surface area (Å²) in [6.45, 7) is 1.32. The van der Waals surface area contributed by atoms with E-state index in [9.17, 15) is 13.6 Å². The Hall–Kier alpha value is -3.68. The molecule has 0 spiro atoms. The number of pyridine rings is 1. The highest BCUT2D eigenvalue weighted by Gasteiger charge is 2.25. The van der Waals surface area contributed by atoms with Gasteiger partial charge in [-0.3, -0.25) is 4.79 Å². The van der Waals surface area contributed by atoms with E-state index in [1.165, 1.54) is 31.2 Å². The molecule has 0 fully saturated rings. The average Bonchev–Trinajstić information content (AvgIpc) is 3.41. The number of fused-ring (bicyclic) bond motifs is 1. The number of hydrogen-bond acceptors (Lipinski definition) is 5. The second-order valence-corrected chi connectivity index (χ2v) is 5.57. The maximum absolute atomic E-state index is 12.6. The van der Waals surface area contributed by atoms with Crippen LogP contribution in [0.2, 0.25) is 0 Å². The Bertz CT molecular complexity index is 978. The molecular formula is C19H15F2N3O3. The van der Waals surface area contributed by atoms with Crippen LogP contribution in [0.4, 0.5) is 26.0 Å². The molecule has 2 aromatic carbocycles. The normalized spacial score (nSPS) is 10.6. The number of halogens is 2. The topological polar surface area (TPSA) is 86.8 Å². The molecule has 1 amide bonds. The lowest BCUT2D eigenvalue weighted by atomic mass is 10.3. The van der Waals surface area contributed by atoms with Crippen molar-refractivity contribution >= 4 is 23.1 Å². The van der Waals surface area contributed by atoms with Crippen LogP contribution in [0.1, 0.15) is 6.92 Å². The molecule has 0 atom stereocenters. The van der Waals surface area contributed by atoms with Gasteiger partial charge < -0.3 is 20.5 Å². The van der Waals surface area contributed by atoms with E-state index in [0.717, 1.165) is 23.3 Å². The Morgan fingerprint density at radius 1 is 1.07 bits per heavy atom. The summed E-state index contributed by atoms with van der Waals surface area (Å²) in [5.41, 5.74) is 1.12. The van der Waals surface area contributed by atoms with Crippen molar-refractivity contribution in [2.24, 2.45) is 0 Å². The molecule has 4 rings (SSSR count). The number of aromatic hydroxyl groups is 1. The molecule has 0 saturated heterocycles. The third-order valence-electron chi connectivity index (χ3n) is 3.41. The second-order valence-electron chi connectivity index (χ2n) is 5.57. The number of ether oxygens (including phenoxy) is 1. The minimum Gasteiger partial charge on any atom is -0.505 e. The number of amides is 1. The van der Waals surface area contributed by atoms with E-state index in [2.05, 4.69) is 15.6 Å². The molecule has 6 nitrogen and oxygen atoms in total. The summed E-state index contributed by atoms with van der Waals surface area (Å²) in [5, 5.41) is 14.2. The first-order chi connectivity index (χ1) is 12.9. The number of carbonyl (C=O) groups excluding carboxylic acids is 1. The lowest BCUT2D eigenvalue weighted by Gasteiger charge is -2.02. The number of rotatable bonds is 3. The van der Waals surface area contributed by atoms with E-state index >= 15 is 0 Å². The smallest absolute Gasteiger partial charge is 0.221 e. The average molecular weight is 371 g/mol. The zero-order chi connectivity index (χ0) is 19.4. The van der Waals surface area contributed by atoms with Crippen molar-refractivity contribution in [1.82, 2.24) is 4.98 Å². The minimum absolute atomic E-state index is 0.256. The van der Waals surface area contributed by atoms with E-state index < -0.39 is 11.6 Å². The summed E-state index contributed by atoms with van der Waals surface area (Å²) in [4.78, 5) is 14.6. The minimum atomic E-state index is -0.749. The molecule has 0 radical (unpaired) electrons. The van der Waals surface area contributed by atoms with Crippen molar-refractivity contribution in [1.29, 1.82) is 0 Å². The Kier molecular flexibility index (Phi) is 5.16. The van der Waals surface area contributed by atoms with Crippen LogP contribution in [0.25, 0.3) is 0 Å².